The van der Waals surface area contributed by atoms with E-state index in [1.165, 1.54) is 5.54 Å². The van der Waals surface area contributed by atoms with Gasteiger partial charge in [-0.1, -0.05) is 59.3 Å². The molecule has 0 fully saturated rings. The fourth-order valence-corrected chi connectivity index (χ4v) is 2.75. The topological polar surface area (TPSA) is 50.9 Å². The van der Waals surface area contributed by atoms with Crippen LogP contribution in [0.1, 0.15) is 18.5 Å². The van der Waals surface area contributed by atoms with Gasteiger partial charge < -0.3 is 5.11 Å². The van der Waals surface area contributed by atoms with E-state index in [0.717, 1.165) is 16.6 Å². The highest BCUT2D eigenvalue weighted by Gasteiger charge is 2.35. The molecular weight excluding hydrogens is 298 g/mol. The summed E-state index contributed by atoms with van der Waals surface area (Å²) >= 11 is 5.80. The summed E-state index contributed by atoms with van der Waals surface area (Å²) in [6.07, 6.45) is 1.72. The van der Waals surface area contributed by atoms with Gasteiger partial charge in [-0.25, -0.2) is 4.68 Å². The van der Waals surface area contributed by atoms with Gasteiger partial charge in [0.1, 0.15) is 17.2 Å². The molecule has 0 unspecified atom stereocenters. The number of aromatic nitrogens is 3. The standard InChI is InChI=1S/C17H16ClN3O/c1-17(22,13-7-3-2-4-8-13)16(11-12-18)21-15-10-6-5-9-14(15)19-20-21/h2-12,16,22H,1H3/b12-11-/t16-,17+/m0/s1. The third-order valence-corrected chi connectivity index (χ3v) is 3.98. The van der Waals surface area contributed by atoms with Crippen molar-refractivity contribution in [3.63, 3.8) is 0 Å². The molecule has 0 aliphatic rings. The van der Waals surface area contributed by atoms with Crippen LogP contribution < -0.4 is 0 Å². The van der Waals surface area contributed by atoms with Gasteiger partial charge in [-0.2, -0.15) is 0 Å². The first-order valence-electron chi connectivity index (χ1n) is 6.99. The monoisotopic (exact) mass is 313 g/mol. The van der Waals surface area contributed by atoms with Crippen molar-refractivity contribution in [1.29, 1.82) is 0 Å². The summed E-state index contributed by atoms with van der Waals surface area (Å²) in [6, 6.07) is 16.6. The van der Waals surface area contributed by atoms with Crippen LogP contribution in [0.3, 0.4) is 0 Å². The van der Waals surface area contributed by atoms with Crippen molar-refractivity contribution in [2.75, 3.05) is 0 Å². The Morgan fingerprint density at radius 2 is 1.82 bits per heavy atom. The van der Waals surface area contributed by atoms with Crippen LogP contribution in [0.5, 0.6) is 0 Å². The van der Waals surface area contributed by atoms with Gasteiger partial charge in [0.25, 0.3) is 0 Å². The lowest BCUT2D eigenvalue weighted by atomic mass is 9.88. The van der Waals surface area contributed by atoms with Crippen LogP contribution in [0.2, 0.25) is 0 Å². The second-order valence-corrected chi connectivity index (χ2v) is 5.55. The van der Waals surface area contributed by atoms with Crippen molar-refractivity contribution in [2.24, 2.45) is 0 Å². The smallest absolute Gasteiger partial charge is 0.113 e. The Bertz CT molecular complexity index is 796. The molecule has 0 aliphatic carbocycles. The lowest BCUT2D eigenvalue weighted by molar-refractivity contribution is 0.0154. The zero-order chi connectivity index (χ0) is 15.6. The first-order valence-corrected chi connectivity index (χ1v) is 7.43. The molecule has 22 heavy (non-hydrogen) atoms. The second-order valence-electron chi connectivity index (χ2n) is 5.30. The van der Waals surface area contributed by atoms with E-state index in [2.05, 4.69) is 10.3 Å². The van der Waals surface area contributed by atoms with Crippen LogP contribution in [-0.2, 0) is 5.60 Å². The average Bonchev–Trinajstić information content (AvgIpc) is 2.97. The third kappa shape index (κ3) is 2.51. The second kappa shape index (κ2) is 5.91. The summed E-state index contributed by atoms with van der Waals surface area (Å²) in [4.78, 5) is 0. The quantitative estimate of drug-likeness (QED) is 0.800. The first-order chi connectivity index (χ1) is 10.6. The summed E-state index contributed by atoms with van der Waals surface area (Å²) < 4.78 is 1.70. The molecule has 1 aromatic heterocycles. The highest BCUT2D eigenvalue weighted by atomic mass is 35.5. The molecule has 0 amide bonds. The van der Waals surface area contributed by atoms with E-state index < -0.39 is 11.6 Å². The number of fused-ring (bicyclic) bond motifs is 1. The fourth-order valence-electron chi connectivity index (χ4n) is 2.61. The van der Waals surface area contributed by atoms with Crippen molar-refractivity contribution in [2.45, 2.75) is 18.6 Å². The summed E-state index contributed by atoms with van der Waals surface area (Å²) in [5.74, 6) is 0. The number of halogens is 1. The predicted molar refractivity (Wildman–Crippen MR) is 87.6 cm³/mol. The molecule has 5 heteroatoms. The number of benzene rings is 2. The van der Waals surface area contributed by atoms with Gasteiger partial charge >= 0.3 is 0 Å². The molecule has 3 rings (SSSR count). The first kappa shape index (κ1) is 14.8. The van der Waals surface area contributed by atoms with Crippen molar-refractivity contribution in [3.8, 4) is 0 Å². The fraction of sp³-hybridized carbons (Fsp3) is 0.176. The number of hydrogen-bond acceptors (Lipinski definition) is 3. The van der Waals surface area contributed by atoms with Gasteiger partial charge in [0.05, 0.1) is 5.52 Å². The van der Waals surface area contributed by atoms with Crippen molar-refractivity contribution in [3.05, 3.63) is 71.8 Å². The van der Waals surface area contributed by atoms with Crippen LogP contribution in [0.15, 0.2) is 66.2 Å². The summed E-state index contributed by atoms with van der Waals surface area (Å²) in [5.41, 5.74) is 2.63. The summed E-state index contributed by atoms with van der Waals surface area (Å²) in [5, 5.41) is 19.5. The van der Waals surface area contributed by atoms with E-state index in [1.54, 1.807) is 17.7 Å². The van der Waals surface area contributed by atoms with Crippen LogP contribution in [0, 0.1) is 0 Å². The summed E-state index contributed by atoms with van der Waals surface area (Å²) in [6.45, 7) is 1.75. The number of aliphatic hydroxyl groups is 1. The Kier molecular flexibility index (Phi) is 3.96. The SMILES string of the molecule is C[C@@](O)(c1ccccc1)[C@H](/C=C\Cl)n1nnc2ccccc21. The highest BCUT2D eigenvalue weighted by Crippen LogP contribution is 2.35. The Labute approximate surface area is 133 Å². The van der Waals surface area contributed by atoms with Crippen molar-refractivity contribution >= 4 is 22.6 Å². The van der Waals surface area contributed by atoms with E-state index in [9.17, 15) is 5.11 Å². The Balaban J connectivity index is 2.14. The molecule has 3 aromatic rings. The molecule has 1 N–H and O–H groups in total. The maximum atomic E-state index is 11.1. The molecule has 0 aliphatic heterocycles. The molecule has 0 bridgehead atoms. The van der Waals surface area contributed by atoms with E-state index in [4.69, 9.17) is 11.6 Å². The van der Waals surface area contributed by atoms with Crippen molar-refractivity contribution in [1.82, 2.24) is 15.0 Å². The minimum atomic E-state index is -1.18. The molecule has 0 radical (unpaired) electrons. The van der Waals surface area contributed by atoms with E-state index >= 15 is 0 Å². The Hall–Kier alpha value is -2.17. The Morgan fingerprint density at radius 3 is 2.55 bits per heavy atom. The van der Waals surface area contributed by atoms with Gasteiger partial charge in [-0.3, -0.25) is 0 Å². The van der Waals surface area contributed by atoms with Gasteiger partial charge in [-0.05, 0) is 30.7 Å². The molecule has 4 nitrogen and oxygen atoms in total. The third-order valence-electron chi connectivity index (χ3n) is 3.83. The zero-order valence-corrected chi connectivity index (χ0v) is 12.9. The number of nitrogens with zero attached hydrogens (tertiary/aromatic N) is 3. The lowest BCUT2D eigenvalue weighted by Gasteiger charge is -2.31. The molecule has 112 valence electrons. The minimum absolute atomic E-state index is 0.472. The molecule has 1 heterocycles. The largest absolute Gasteiger partial charge is 0.383 e. The van der Waals surface area contributed by atoms with Crippen LogP contribution >= 0.6 is 11.6 Å². The van der Waals surface area contributed by atoms with E-state index in [1.807, 2.05) is 54.6 Å². The van der Waals surface area contributed by atoms with E-state index in [-0.39, 0.29) is 0 Å². The van der Waals surface area contributed by atoms with Crippen molar-refractivity contribution < 1.29 is 5.11 Å². The summed E-state index contributed by atoms with van der Waals surface area (Å²) in [7, 11) is 0. The van der Waals surface area contributed by atoms with Crippen LogP contribution in [0.4, 0.5) is 0 Å². The van der Waals surface area contributed by atoms with Gasteiger partial charge in [0.2, 0.25) is 0 Å². The molecule has 2 aromatic carbocycles. The minimum Gasteiger partial charge on any atom is -0.383 e. The van der Waals surface area contributed by atoms with Crippen LogP contribution in [0.25, 0.3) is 11.0 Å². The number of hydrogen-bond donors (Lipinski definition) is 1. The van der Waals surface area contributed by atoms with Gasteiger partial charge in [-0.15, -0.1) is 5.10 Å². The lowest BCUT2D eigenvalue weighted by Crippen LogP contribution is -2.33. The predicted octanol–water partition coefficient (Wildman–Crippen LogP) is 3.63. The van der Waals surface area contributed by atoms with Gasteiger partial charge in [0, 0.05) is 5.54 Å². The average molecular weight is 314 g/mol. The molecule has 2 atom stereocenters. The molecule has 0 spiro atoms. The maximum absolute atomic E-state index is 11.1. The maximum Gasteiger partial charge on any atom is 0.113 e. The highest BCUT2D eigenvalue weighted by molar-refractivity contribution is 6.25. The normalized spacial score (nSPS) is 16.0. The number of para-hydroxylation sites is 1. The van der Waals surface area contributed by atoms with Gasteiger partial charge in [0.15, 0.2) is 0 Å². The molecule has 0 saturated heterocycles. The van der Waals surface area contributed by atoms with E-state index in [0.29, 0.717) is 0 Å². The Morgan fingerprint density at radius 1 is 1.14 bits per heavy atom. The van der Waals surface area contributed by atoms with Crippen LogP contribution in [-0.4, -0.2) is 20.1 Å². The number of rotatable bonds is 4. The molecule has 0 saturated carbocycles. The zero-order valence-electron chi connectivity index (χ0n) is 12.1. The molecular formula is C17H16ClN3O.